The summed E-state index contributed by atoms with van der Waals surface area (Å²) >= 11 is 0. The lowest BCUT2D eigenvalue weighted by atomic mass is 9.92. The molecule has 2 heterocycles. The minimum Gasteiger partial charge on any atom is -0.373 e. The zero-order valence-corrected chi connectivity index (χ0v) is 15.2. The van der Waals surface area contributed by atoms with Crippen molar-refractivity contribution in [2.24, 2.45) is 0 Å². The van der Waals surface area contributed by atoms with Gasteiger partial charge in [0.25, 0.3) is 5.91 Å². The van der Waals surface area contributed by atoms with E-state index in [0.717, 1.165) is 21.8 Å². The first-order chi connectivity index (χ1) is 12.6. The monoisotopic (exact) mass is 381 g/mol. The number of aromatic nitrogens is 2. The Balaban J connectivity index is 1.74. The number of para-hydroxylation sites is 1. The molecule has 27 heavy (non-hydrogen) atoms. The van der Waals surface area contributed by atoms with Gasteiger partial charge in [0.15, 0.2) is 0 Å². The molecular weight excluding hydrogens is 359 g/mol. The van der Waals surface area contributed by atoms with Crippen LogP contribution in [0, 0.1) is 6.92 Å². The highest BCUT2D eigenvalue weighted by molar-refractivity contribution is 5.85. The van der Waals surface area contributed by atoms with E-state index in [-0.39, 0.29) is 19.0 Å². The van der Waals surface area contributed by atoms with Crippen molar-refractivity contribution < 1.29 is 23.1 Å². The molecule has 0 spiro atoms. The first kappa shape index (κ1) is 19.4. The number of nitrogens with zero attached hydrogens (tertiary/aromatic N) is 3. The predicted octanol–water partition coefficient (Wildman–Crippen LogP) is 3.20. The summed E-state index contributed by atoms with van der Waals surface area (Å²) in [5, 5.41) is 14.0. The quantitative estimate of drug-likeness (QED) is 0.888. The summed E-state index contributed by atoms with van der Waals surface area (Å²) in [5.41, 5.74) is -0.366. The Morgan fingerprint density at radius 1 is 1.19 bits per heavy atom. The third-order valence-electron chi connectivity index (χ3n) is 5.18. The molecule has 1 aromatic carbocycles. The molecule has 0 saturated carbocycles. The highest BCUT2D eigenvalue weighted by Crippen LogP contribution is 2.35. The molecule has 1 saturated heterocycles. The smallest absolute Gasteiger partial charge is 0.373 e. The Labute approximate surface area is 155 Å². The van der Waals surface area contributed by atoms with Gasteiger partial charge in [-0.05, 0) is 44.4 Å². The second-order valence-corrected chi connectivity index (χ2v) is 7.09. The fraction of sp³-hybridized carbons (Fsp3) is 0.474. The van der Waals surface area contributed by atoms with Crippen LogP contribution in [-0.4, -0.2) is 50.6 Å². The number of amides is 1. The van der Waals surface area contributed by atoms with Gasteiger partial charge in [-0.15, -0.1) is 0 Å². The van der Waals surface area contributed by atoms with E-state index < -0.39 is 17.7 Å². The van der Waals surface area contributed by atoms with Crippen molar-refractivity contribution >= 4 is 5.91 Å². The van der Waals surface area contributed by atoms with Gasteiger partial charge in [0.05, 0.1) is 5.69 Å². The van der Waals surface area contributed by atoms with E-state index in [1.807, 2.05) is 41.9 Å². The Morgan fingerprint density at radius 2 is 1.81 bits per heavy atom. The number of halogens is 3. The minimum atomic E-state index is -5.00. The number of rotatable bonds is 3. The number of piperidine rings is 1. The van der Waals surface area contributed by atoms with Crippen LogP contribution in [0.1, 0.15) is 36.9 Å². The van der Waals surface area contributed by atoms with Crippen LogP contribution in [-0.2, 0) is 4.79 Å². The molecule has 3 rings (SSSR count). The number of likely N-dealkylation sites (tertiary alicyclic amines) is 1. The van der Waals surface area contributed by atoms with Gasteiger partial charge in [0.1, 0.15) is 0 Å². The summed E-state index contributed by atoms with van der Waals surface area (Å²) < 4.78 is 40.6. The number of carbonyl (C=O) groups is 1. The number of hydrogen-bond acceptors (Lipinski definition) is 3. The summed E-state index contributed by atoms with van der Waals surface area (Å²) in [4.78, 5) is 13.2. The van der Waals surface area contributed by atoms with Crippen LogP contribution < -0.4 is 0 Å². The fourth-order valence-corrected chi connectivity index (χ4v) is 3.43. The second kappa shape index (κ2) is 6.99. The third-order valence-corrected chi connectivity index (χ3v) is 5.18. The maximum absolute atomic E-state index is 12.9. The van der Waals surface area contributed by atoms with Crippen LogP contribution >= 0.6 is 0 Å². The molecule has 1 atom stereocenters. The van der Waals surface area contributed by atoms with Crippen LogP contribution in [0.2, 0.25) is 0 Å². The van der Waals surface area contributed by atoms with Crippen molar-refractivity contribution in [2.45, 2.75) is 44.4 Å². The van der Waals surface area contributed by atoms with E-state index in [2.05, 4.69) is 5.10 Å². The van der Waals surface area contributed by atoms with Gasteiger partial charge < -0.3 is 10.0 Å². The second-order valence-electron chi connectivity index (χ2n) is 7.09. The average molecular weight is 381 g/mol. The molecule has 2 aromatic rings. The molecule has 1 amide bonds. The first-order valence-electron chi connectivity index (χ1n) is 8.81. The van der Waals surface area contributed by atoms with Gasteiger partial charge in [-0.25, -0.2) is 4.68 Å². The molecule has 5 nitrogen and oxygen atoms in total. The van der Waals surface area contributed by atoms with E-state index in [1.54, 1.807) is 6.20 Å². The molecule has 146 valence electrons. The lowest BCUT2D eigenvalue weighted by Crippen LogP contribution is -2.57. The number of carbonyl (C=O) groups excluding carboxylic acids is 1. The summed E-state index contributed by atoms with van der Waals surface area (Å²) in [7, 11) is 0. The Bertz CT molecular complexity index is 822. The zero-order valence-electron chi connectivity index (χ0n) is 15.2. The zero-order chi connectivity index (χ0) is 19.8. The van der Waals surface area contributed by atoms with Crippen LogP contribution in [0.25, 0.3) is 5.69 Å². The molecule has 0 aliphatic carbocycles. The molecule has 8 heteroatoms. The van der Waals surface area contributed by atoms with Crippen molar-refractivity contribution in [1.29, 1.82) is 0 Å². The molecule has 1 aliphatic rings. The number of aryl methyl sites for hydroxylation is 1. The van der Waals surface area contributed by atoms with E-state index in [0.29, 0.717) is 19.8 Å². The average Bonchev–Trinajstić information content (AvgIpc) is 3.10. The molecule has 1 unspecified atom stereocenters. The van der Waals surface area contributed by atoms with Crippen molar-refractivity contribution in [3.05, 3.63) is 47.8 Å². The minimum absolute atomic E-state index is 0.0759. The van der Waals surface area contributed by atoms with Gasteiger partial charge in [-0.1, -0.05) is 18.2 Å². The number of alkyl halides is 3. The SMILES string of the molecule is Cc1ccccc1-n1nccc1C1CCN(C(=O)C(C)(O)C(F)(F)F)CC1. The summed E-state index contributed by atoms with van der Waals surface area (Å²) in [6.07, 6.45) is -2.27. The van der Waals surface area contributed by atoms with Crippen LogP contribution in [0.15, 0.2) is 36.5 Å². The standard InChI is InChI=1S/C19H22F3N3O2/c1-13-5-3-4-6-15(13)25-16(7-10-23-25)14-8-11-24(12-9-14)17(26)18(2,27)19(20,21)22/h3-7,10,14,27H,8-9,11-12H2,1-2H3. The van der Waals surface area contributed by atoms with Gasteiger partial charge in [-0.3, -0.25) is 4.79 Å². The van der Waals surface area contributed by atoms with Crippen molar-refractivity contribution in [3.8, 4) is 5.69 Å². The molecular formula is C19H22F3N3O2. The Hall–Kier alpha value is -2.35. The van der Waals surface area contributed by atoms with Crippen molar-refractivity contribution in [2.75, 3.05) is 13.1 Å². The first-order valence-corrected chi connectivity index (χ1v) is 8.81. The summed E-state index contributed by atoms with van der Waals surface area (Å²) in [6, 6.07) is 9.72. The van der Waals surface area contributed by atoms with Gasteiger partial charge in [0, 0.05) is 30.9 Å². The number of aliphatic hydroxyl groups is 1. The highest BCUT2D eigenvalue weighted by atomic mass is 19.4. The lowest BCUT2D eigenvalue weighted by Gasteiger charge is -2.36. The number of benzene rings is 1. The summed E-state index contributed by atoms with van der Waals surface area (Å²) in [5.74, 6) is -1.21. The topological polar surface area (TPSA) is 58.4 Å². The maximum atomic E-state index is 12.9. The molecule has 1 N–H and O–H groups in total. The van der Waals surface area contributed by atoms with Crippen molar-refractivity contribution in [3.63, 3.8) is 0 Å². The normalized spacial score (nSPS) is 18.4. The Morgan fingerprint density at radius 3 is 2.41 bits per heavy atom. The maximum Gasteiger partial charge on any atom is 0.426 e. The van der Waals surface area contributed by atoms with Crippen LogP contribution in [0.3, 0.4) is 0 Å². The van der Waals surface area contributed by atoms with E-state index >= 15 is 0 Å². The molecule has 0 radical (unpaired) electrons. The third kappa shape index (κ3) is 3.58. The molecule has 1 fully saturated rings. The Kier molecular flexibility index (Phi) is 5.03. The largest absolute Gasteiger partial charge is 0.426 e. The van der Waals surface area contributed by atoms with Crippen LogP contribution in [0.4, 0.5) is 13.2 Å². The predicted molar refractivity (Wildman–Crippen MR) is 93.5 cm³/mol. The van der Waals surface area contributed by atoms with Crippen molar-refractivity contribution in [1.82, 2.24) is 14.7 Å². The van der Waals surface area contributed by atoms with E-state index in [9.17, 15) is 23.1 Å². The van der Waals surface area contributed by atoms with Gasteiger partial charge in [-0.2, -0.15) is 18.3 Å². The highest BCUT2D eigenvalue weighted by Gasteiger charge is 2.57. The van der Waals surface area contributed by atoms with Gasteiger partial charge in [0.2, 0.25) is 5.60 Å². The number of hydrogen-bond donors (Lipinski definition) is 1. The molecule has 1 aliphatic heterocycles. The molecule has 0 bridgehead atoms. The fourth-order valence-electron chi connectivity index (χ4n) is 3.43. The van der Waals surface area contributed by atoms with Crippen LogP contribution in [0.5, 0.6) is 0 Å². The van der Waals surface area contributed by atoms with E-state index in [4.69, 9.17) is 0 Å². The lowest BCUT2D eigenvalue weighted by molar-refractivity contribution is -0.250. The summed E-state index contributed by atoms with van der Waals surface area (Å²) in [6.45, 7) is 2.82. The van der Waals surface area contributed by atoms with Gasteiger partial charge >= 0.3 is 6.18 Å². The molecule has 1 aromatic heterocycles. The van der Waals surface area contributed by atoms with E-state index in [1.165, 1.54) is 0 Å².